The molecule has 0 radical (unpaired) electrons. The Morgan fingerprint density at radius 3 is 3.13 bits per heavy atom. The van der Waals surface area contributed by atoms with Crippen LogP contribution in [0.5, 0.6) is 0 Å². The fourth-order valence-corrected chi connectivity index (χ4v) is 3.06. The quantitative estimate of drug-likeness (QED) is 0.888. The molecule has 1 amide bonds. The number of carbonyl (C=O) groups excluding carboxylic acids is 1. The zero-order chi connectivity index (χ0) is 15.9. The van der Waals surface area contributed by atoms with Crippen LogP contribution in [0.2, 0.25) is 0 Å². The second-order valence-electron chi connectivity index (χ2n) is 6.06. The third-order valence-electron chi connectivity index (χ3n) is 4.27. The van der Waals surface area contributed by atoms with Crippen LogP contribution in [0.25, 0.3) is 0 Å². The Bertz CT molecular complexity index is 598. The van der Waals surface area contributed by atoms with Gasteiger partial charge in [-0.3, -0.25) is 14.7 Å². The third-order valence-corrected chi connectivity index (χ3v) is 4.27. The van der Waals surface area contributed by atoms with Crippen molar-refractivity contribution in [3.63, 3.8) is 0 Å². The zero-order valence-electron chi connectivity index (χ0n) is 13.3. The van der Waals surface area contributed by atoms with Crippen molar-refractivity contribution >= 4 is 5.91 Å². The average Bonchev–Trinajstić information content (AvgIpc) is 3.09. The highest BCUT2D eigenvalue weighted by atomic mass is 16.3. The molecule has 1 aliphatic rings. The van der Waals surface area contributed by atoms with E-state index in [0.29, 0.717) is 6.54 Å². The minimum atomic E-state index is 0.0765. The third kappa shape index (κ3) is 4.66. The SMILES string of the molecule is O=C(NCCc1cccnc1)[C@@H]1CCCN(Cc2ccco2)C1. The standard InChI is InChI=1S/C18H23N3O2/c22-18(20-9-7-15-4-1-8-19-12-15)16-5-2-10-21(13-16)14-17-6-3-11-23-17/h1,3-4,6,8,11-12,16H,2,5,7,9-10,13-14H2,(H,20,22)/t16-/m1/s1. The molecular weight excluding hydrogens is 290 g/mol. The monoisotopic (exact) mass is 313 g/mol. The molecule has 3 rings (SSSR count). The van der Waals surface area contributed by atoms with E-state index in [9.17, 15) is 4.79 Å². The lowest BCUT2D eigenvalue weighted by Gasteiger charge is -2.31. The number of pyridine rings is 1. The van der Waals surface area contributed by atoms with Crippen LogP contribution in [0.1, 0.15) is 24.2 Å². The zero-order valence-corrected chi connectivity index (χ0v) is 13.3. The topological polar surface area (TPSA) is 58.4 Å². The van der Waals surface area contributed by atoms with E-state index >= 15 is 0 Å². The summed E-state index contributed by atoms with van der Waals surface area (Å²) in [5.74, 6) is 1.20. The van der Waals surface area contributed by atoms with Crippen LogP contribution in [-0.2, 0) is 17.8 Å². The van der Waals surface area contributed by atoms with Gasteiger partial charge >= 0.3 is 0 Å². The first-order valence-corrected chi connectivity index (χ1v) is 8.22. The van der Waals surface area contributed by atoms with Crippen LogP contribution in [0.15, 0.2) is 47.3 Å². The summed E-state index contributed by atoms with van der Waals surface area (Å²) in [7, 11) is 0. The van der Waals surface area contributed by atoms with E-state index in [1.807, 2.05) is 30.5 Å². The number of nitrogens with one attached hydrogen (secondary N) is 1. The van der Waals surface area contributed by atoms with Gasteiger partial charge in [0.25, 0.3) is 0 Å². The number of nitrogens with zero attached hydrogens (tertiary/aromatic N) is 2. The van der Waals surface area contributed by atoms with E-state index in [0.717, 1.165) is 50.2 Å². The molecule has 122 valence electrons. The largest absolute Gasteiger partial charge is 0.468 e. The van der Waals surface area contributed by atoms with Gasteiger partial charge in [0.1, 0.15) is 5.76 Å². The highest BCUT2D eigenvalue weighted by Gasteiger charge is 2.25. The van der Waals surface area contributed by atoms with Gasteiger partial charge < -0.3 is 9.73 Å². The molecule has 1 aliphatic heterocycles. The minimum Gasteiger partial charge on any atom is -0.468 e. The normalized spacial score (nSPS) is 18.7. The fraction of sp³-hybridized carbons (Fsp3) is 0.444. The first-order chi connectivity index (χ1) is 11.3. The van der Waals surface area contributed by atoms with Gasteiger partial charge in [-0.15, -0.1) is 0 Å². The van der Waals surface area contributed by atoms with E-state index in [2.05, 4.69) is 15.2 Å². The number of likely N-dealkylation sites (tertiary alicyclic amines) is 1. The molecule has 0 unspecified atom stereocenters. The molecule has 0 aromatic carbocycles. The fourth-order valence-electron chi connectivity index (χ4n) is 3.06. The van der Waals surface area contributed by atoms with E-state index in [1.165, 1.54) is 0 Å². The number of hydrogen-bond donors (Lipinski definition) is 1. The van der Waals surface area contributed by atoms with Gasteiger partial charge in [0.05, 0.1) is 18.7 Å². The summed E-state index contributed by atoms with van der Waals surface area (Å²) in [6, 6.07) is 7.84. The number of amides is 1. The predicted molar refractivity (Wildman–Crippen MR) is 87.7 cm³/mol. The summed E-state index contributed by atoms with van der Waals surface area (Å²) in [6.45, 7) is 3.28. The van der Waals surface area contributed by atoms with E-state index in [4.69, 9.17) is 4.42 Å². The van der Waals surface area contributed by atoms with Crippen molar-refractivity contribution in [2.45, 2.75) is 25.8 Å². The molecule has 23 heavy (non-hydrogen) atoms. The molecule has 0 bridgehead atoms. The number of rotatable bonds is 6. The van der Waals surface area contributed by atoms with Gasteiger partial charge in [-0.25, -0.2) is 0 Å². The summed E-state index contributed by atoms with van der Waals surface area (Å²) in [4.78, 5) is 18.7. The van der Waals surface area contributed by atoms with Crippen molar-refractivity contribution in [1.82, 2.24) is 15.2 Å². The second-order valence-corrected chi connectivity index (χ2v) is 6.06. The van der Waals surface area contributed by atoms with Crippen molar-refractivity contribution < 1.29 is 9.21 Å². The Labute approximate surface area is 136 Å². The van der Waals surface area contributed by atoms with Gasteiger partial charge in [-0.1, -0.05) is 6.07 Å². The first kappa shape index (κ1) is 15.7. The Morgan fingerprint density at radius 2 is 2.35 bits per heavy atom. The smallest absolute Gasteiger partial charge is 0.224 e. The van der Waals surface area contributed by atoms with Crippen molar-refractivity contribution in [1.29, 1.82) is 0 Å². The molecule has 5 nitrogen and oxygen atoms in total. The van der Waals surface area contributed by atoms with E-state index in [-0.39, 0.29) is 11.8 Å². The number of piperidine rings is 1. The summed E-state index contributed by atoms with van der Waals surface area (Å²) < 4.78 is 5.40. The van der Waals surface area contributed by atoms with Crippen molar-refractivity contribution in [3.05, 3.63) is 54.2 Å². The minimum absolute atomic E-state index is 0.0765. The summed E-state index contributed by atoms with van der Waals surface area (Å²) >= 11 is 0. The van der Waals surface area contributed by atoms with Crippen LogP contribution >= 0.6 is 0 Å². The molecule has 1 fully saturated rings. The maximum atomic E-state index is 12.4. The Morgan fingerprint density at radius 1 is 1.39 bits per heavy atom. The highest BCUT2D eigenvalue weighted by molar-refractivity contribution is 5.78. The molecule has 0 saturated carbocycles. The van der Waals surface area contributed by atoms with Crippen LogP contribution in [0.3, 0.4) is 0 Å². The number of aromatic nitrogens is 1. The second kappa shape index (κ2) is 7.92. The van der Waals surface area contributed by atoms with Crippen molar-refractivity contribution in [2.24, 2.45) is 5.92 Å². The molecule has 2 aromatic heterocycles. The molecule has 0 spiro atoms. The maximum Gasteiger partial charge on any atom is 0.224 e. The molecule has 0 aliphatic carbocycles. The first-order valence-electron chi connectivity index (χ1n) is 8.22. The summed E-state index contributed by atoms with van der Waals surface area (Å²) in [5, 5.41) is 3.06. The lowest BCUT2D eigenvalue weighted by atomic mass is 9.97. The molecule has 1 atom stereocenters. The van der Waals surface area contributed by atoms with Gasteiger partial charge in [0, 0.05) is 25.5 Å². The number of hydrogen-bond acceptors (Lipinski definition) is 4. The summed E-state index contributed by atoms with van der Waals surface area (Å²) in [5.41, 5.74) is 1.15. The van der Waals surface area contributed by atoms with E-state index in [1.54, 1.807) is 12.5 Å². The lowest BCUT2D eigenvalue weighted by molar-refractivity contribution is -0.126. The lowest BCUT2D eigenvalue weighted by Crippen LogP contribution is -2.43. The molecule has 1 saturated heterocycles. The molecule has 3 heterocycles. The van der Waals surface area contributed by atoms with Crippen LogP contribution in [0, 0.1) is 5.92 Å². The van der Waals surface area contributed by atoms with Crippen LogP contribution in [0.4, 0.5) is 0 Å². The number of carbonyl (C=O) groups is 1. The Hall–Kier alpha value is -2.14. The Balaban J connectivity index is 1.43. The molecule has 2 aromatic rings. The molecule has 1 N–H and O–H groups in total. The van der Waals surface area contributed by atoms with Gasteiger partial charge in [0.2, 0.25) is 5.91 Å². The van der Waals surface area contributed by atoms with Gasteiger partial charge in [0.15, 0.2) is 0 Å². The van der Waals surface area contributed by atoms with Gasteiger partial charge in [-0.05, 0) is 49.6 Å². The Kier molecular flexibility index (Phi) is 5.42. The van der Waals surface area contributed by atoms with E-state index < -0.39 is 0 Å². The van der Waals surface area contributed by atoms with Crippen molar-refractivity contribution in [3.8, 4) is 0 Å². The maximum absolute atomic E-state index is 12.4. The molecular formula is C18H23N3O2. The van der Waals surface area contributed by atoms with Crippen LogP contribution in [-0.4, -0.2) is 35.4 Å². The van der Waals surface area contributed by atoms with Crippen LogP contribution < -0.4 is 5.32 Å². The van der Waals surface area contributed by atoms with Crippen molar-refractivity contribution in [2.75, 3.05) is 19.6 Å². The van der Waals surface area contributed by atoms with Gasteiger partial charge in [-0.2, -0.15) is 0 Å². The predicted octanol–water partition coefficient (Wildman–Crippen LogP) is 2.25. The number of furan rings is 1. The summed E-state index contributed by atoms with van der Waals surface area (Å²) in [6.07, 6.45) is 8.15. The molecule has 5 heteroatoms. The average molecular weight is 313 g/mol. The highest BCUT2D eigenvalue weighted by Crippen LogP contribution is 2.19.